The summed E-state index contributed by atoms with van der Waals surface area (Å²) in [5.41, 5.74) is 0. The number of carboxylic acid groups (broad SMARTS) is 1. The Labute approximate surface area is 120 Å². The molecule has 1 atom stereocenters. The van der Waals surface area contributed by atoms with Gasteiger partial charge < -0.3 is 20.6 Å². The van der Waals surface area contributed by atoms with E-state index in [1.807, 2.05) is 0 Å². The summed E-state index contributed by atoms with van der Waals surface area (Å²) in [5.74, 6) is -0.398. The van der Waals surface area contributed by atoms with Gasteiger partial charge in [0, 0.05) is 6.54 Å². The lowest BCUT2D eigenvalue weighted by molar-refractivity contribution is -0.139. The summed E-state index contributed by atoms with van der Waals surface area (Å²) in [6.45, 7) is 6.28. The van der Waals surface area contributed by atoms with Gasteiger partial charge in [0.05, 0.1) is 0 Å². The van der Waals surface area contributed by atoms with Crippen LogP contribution >= 0.6 is 0 Å². The van der Waals surface area contributed by atoms with Gasteiger partial charge in [-0.05, 0) is 51.7 Å². The van der Waals surface area contributed by atoms with E-state index in [9.17, 15) is 9.59 Å². The summed E-state index contributed by atoms with van der Waals surface area (Å²) in [4.78, 5) is 24.8. The van der Waals surface area contributed by atoms with E-state index in [4.69, 9.17) is 5.11 Å². The molecule has 6 nitrogen and oxygen atoms in total. The van der Waals surface area contributed by atoms with Gasteiger partial charge in [-0.25, -0.2) is 9.59 Å². The maximum absolute atomic E-state index is 11.6. The van der Waals surface area contributed by atoms with Crippen LogP contribution in [0.1, 0.15) is 25.7 Å². The molecule has 114 valence electrons. The fourth-order valence-electron chi connectivity index (χ4n) is 2.34. The van der Waals surface area contributed by atoms with Crippen LogP contribution in [0, 0.1) is 5.92 Å². The number of nitrogens with one attached hydrogen (secondary N) is 2. The van der Waals surface area contributed by atoms with E-state index in [0.29, 0.717) is 12.5 Å². The van der Waals surface area contributed by atoms with Crippen molar-refractivity contribution < 1.29 is 14.7 Å². The zero-order chi connectivity index (χ0) is 15.0. The van der Waals surface area contributed by atoms with E-state index >= 15 is 0 Å². The molecule has 0 bridgehead atoms. The molecule has 20 heavy (non-hydrogen) atoms. The van der Waals surface area contributed by atoms with Crippen LogP contribution in [0.25, 0.3) is 0 Å². The first-order valence-electron chi connectivity index (χ1n) is 7.09. The Morgan fingerprint density at radius 1 is 1.45 bits per heavy atom. The molecule has 0 aromatic heterocycles. The summed E-state index contributed by atoms with van der Waals surface area (Å²) in [6.07, 6.45) is 4.97. The number of piperidine rings is 1. The largest absolute Gasteiger partial charge is 0.480 e. The number of aliphatic carboxylic acids is 1. The molecule has 0 aromatic carbocycles. The second-order valence-electron chi connectivity index (χ2n) is 5.35. The fourth-order valence-corrected chi connectivity index (χ4v) is 2.34. The van der Waals surface area contributed by atoms with Gasteiger partial charge in [0.15, 0.2) is 0 Å². The summed E-state index contributed by atoms with van der Waals surface area (Å²) in [7, 11) is 2.12. The van der Waals surface area contributed by atoms with Crippen molar-refractivity contribution in [1.29, 1.82) is 0 Å². The van der Waals surface area contributed by atoms with Crippen LogP contribution in [0.2, 0.25) is 0 Å². The van der Waals surface area contributed by atoms with E-state index in [-0.39, 0.29) is 6.42 Å². The SMILES string of the molecule is C=CCC(NC(=O)NCCC1CCN(C)CC1)C(=O)O. The summed E-state index contributed by atoms with van der Waals surface area (Å²) in [5, 5.41) is 14.1. The topological polar surface area (TPSA) is 81.7 Å². The Morgan fingerprint density at radius 2 is 2.10 bits per heavy atom. The first-order valence-corrected chi connectivity index (χ1v) is 7.09. The lowest BCUT2D eigenvalue weighted by Gasteiger charge is -2.28. The predicted octanol–water partition coefficient (Wildman–Crippen LogP) is 1.05. The Bertz CT molecular complexity index is 339. The predicted molar refractivity (Wildman–Crippen MR) is 77.6 cm³/mol. The van der Waals surface area contributed by atoms with Crippen LogP contribution in [-0.4, -0.2) is 54.7 Å². The van der Waals surface area contributed by atoms with Gasteiger partial charge in [0.1, 0.15) is 6.04 Å². The number of urea groups is 1. The number of amides is 2. The standard InChI is InChI=1S/C14H25N3O3/c1-3-4-12(13(18)19)16-14(20)15-8-5-11-6-9-17(2)10-7-11/h3,11-12H,1,4-10H2,2H3,(H,18,19)(H2,15,16,20). The third-order valence-electron chi connectivity index (χ3n) is 3.68. The van der Waals surface area contributed by atoms with Gasteiger partial charge in [0.2, 0.25) is 0 Å². The van der Waals surface area contributed by atoms with Crippen molar-refractivity contribution in [2.24, 2.45) is 5.92 Å². The van der Waals surface area contributed by atoms with E-state index < -0.39 is 18.0 Å². The third kappa shape index (κ3) is 6.06. The molecule has 0 aromatic rings. The summed E-state index contributed by atoms with van der Waals surface area (Å²) < 4.78 is 0. The van der Waals surface area contributed by atoms with E-state index in [0.717, 1.165) is 32.4 Å². The second kappa shape index (κ2) is 8.58. The van der Waals surface area contributed by atoms with Crippen LogP contribution in [0.3, 0.4) is 0 Å². The van der Waals surface area contributed by atoms with E-state index in [1.165, 1.54) is 6.08 Å². The molecule has 0 aliphatic carbocycles. The molecule has 1 aliphatic heterocycles. The number of carboxylic acids is 1. The molecule has 1 aliphatic rings. The maximum atomic E-state index is 11.6. The molecule has 1 rings (SSSR count). The van der Waals surface area contributed by atoms with Crippen molar-refractivity contribution in [1.82, 2.24) is 15.5 Å². The Morgan fingerprint density at radius 3 is 2.65 bits per heavy atom. The lowest BCUT2D eigenvalue weighted by atomic mass is 9.94. The van der Waals surface area contributed by atoms with Crippen molar-refractivity contribution in [2.75, 3.05) is 26.7 Å². The van der Waals surface area contributed by atoms with Crippen LogP contribution in [-0.2, 0) is 4.79 Å². The lowest BCUT2D eigenvalue weighted by Crippen LogP contribution is -2.46. The van der Waals surface area contributed by atoms with Crippen LogP contribution < -0.4 is 10.6 Å². The number of rotatable bonds is 7. The summed E-state index contributed by atoms with van der Waals surface area (Å²) in [6, 6.07) is -1.33. The quantitative estimate of drug-likeness (QED) is 0.610. The van der Waals surface area contributed by atoms with Gasteiger partial charge in [-0.15, -0.1) is 6.58 Å². The Balaban J connectivity index is 2.19. The highest BCUT2D eigenvalue weighted by Crippen LogP contribution is 2.18. The molecule has 2 amide bonds. The molecule has 0 spiro atoms. The second-order valence-corrected chi connectivity index (χ2v) is 5.35. The molecule has 1 fully saturated rings. The maximum Gasteiger partial charge on any atom is 0.326 e. The number of carbonyl (C=O) groups excluding carboxylic acids is 1. The Hall–Kier alpha value is -1.56. The molecule has 1 unspecified atom stereocenters. The molecule has 0 radical (unpaired) electrons. The van der Waals surface area contributed by atoms with E-state index in [2.05, 4.69) is 29.2 Å². The van der Waals surface area contributed by atoms with Gasteiger partial charge >= 0.3 is 12.0 Å². The zero-order valence-electron chi connectivity index (χ0n) is 12.1. The van der Waals surface area contributed by atoms with Gasteiger partial charge in [-0.2, -0.15) is 0 Å². The monoisotopic (exact) mass is 283 g/mol. The van der Waals surface area contributed by atoms with Crippen molar-refractivity contribution in [3.8, 4) is 0 Å². The van der Waals surface area contributed by atoms with Crippen molar-refractivity contribution >= 4 is 12.0 Å². The smallest absolute Gasteiger partial charge is 0.326 e. The molecule has 1 heterocycles. The van der Waals surface area contributed by atoms with Gasteiger partial charge in [0.25, 0.3) is 0 Å². The molecule has 3 N–H and O–H groups in total. The highest BCUT2D eigenvalue weighted by Gasteiger charge is 2.19. The minimum atomic E-state index is -1.05. The molecule has 6 heteroatoms. The van der Waals surface area contributed by atoms with Crippen molar-refractivity contribution in [2.45, 2.75) is 31.7 Å². The number of hydrogen-bond donors (Lipinski definition) is 3. The number of likely N-dealkylation sites (tertiary alicyclic amines) is 1. The summed E-state index contributed by atoms with van der Waals surface area (Å²) >= 11 is 0. The van der Waals surface area contributed by atoms with Gasteiger partial charge in [-0.3, -0.25) is 0 Å². The highest BCUT2D eigenvalue weighted by molar-refractivity contribution is 5.82. The van der Waals surface area contributed by atoms with Gasteiger partial charge in [-0.1, -0.05) is 6.08 Å². The third-order valence-corrected chi connectivity index (χ3v) is 3.68. The highest BCUT2D eigenvalue weighted by atomic mass is 16.4. The van der Waals surface area contributed by atoms with Crippen LogP contribution in [0.4, 0.5) is 4.79 Å². The minimum absolute atomic E-state index is 0.220. The molecular weight excluding hydrogens is 258 g/mol. The van der Waals surface area contributed by atoms with Crippen molar-refractivity contribution in [3.63, 3.8) is 0 Å². The average molecular weight is 283 g/mol. The normalized spacial score (nSPS) is 18.2. The van der Waals surface area contributed by atoms with Crippen molar-refractivity contribution in [3.05, 3.63) is 12.7 Å². The molecule has 1 saturated heterocycles. The number of hydrogen-bond acceptors (Lipinski definition) is 3. The fraction of sp³-hybridized carbons (Fsp3) is 0.714. The van der Waals surface area contributed by atoms with E-state index in [1.54, 1.807) is 0 Å². The Kier molecular flexibility index (Phi) is 7.08. The molecular formula is C14H25N3O3. The average Bonchev–Trinajstić information content (AvgIpc) is 2.40. The first-order chi connectivity index (χ1) is 9.52. The van der Waals surface area contributed by atoms with Crippen LogP contribution in [0.5, 0.6) is 0 Å². The molecule has 0 saturated carbocycles. The van der Waals surface area contributed by atoms with Crippen LogP contribution in [0.15, 0.2) is 12.7 Å². The zero-order valence-corrected chi connectivity index (χ0v) is 12.1. The minimum Gasteiger partial charge on any atom is -0.480 e. The number of nitrogens with zero attached hydrogens (tertiary/aromatic N) is 1. The first kappa shape index (κ1) is 16.5. The number of carbonyl (C=O) groups is 2.